The monoisotopic (exact) mass is 366 g/mol. The Morgan fingerprint density at radius 2 is 1.08 bits per heavy atom. The minimum atomic E-state index is -0.757. The normalized spacial score (nSPS) is 12.2. The number of hydrogen-bond acceptors (Lipinski definition) is 6. The molecule has 0 aromatic rings. The Kier molecular flexibility index (Phi) is 12.3. The number of carbonyl (C=O) groups is 2. The van der Waals surface area contributed by atoms with E-state index in [4.69, 9.17) is 15.6 Å². The fourth-order valence-corrected chi connectivity index (χ4v) is 1.52. The third kappa shape index (κ3) is 20.8. The Labute approximate surface area is 152 Å². The molecule has 0 unspecified atom stereocenters. The second-order valence-corrected chi connectivity index (χ2v) is 9.76. The lowest BCUT2D eigenvalue weighted by Crippen LogP contribution is -2.30. The molecule has 0 fully saturated rings. The summed E-state index contributed by atoms with van der Waals surface area (Å²) in [6, 6.07) is 0. The smallest absolute Gasteiger partial charge is 0.347 e. The van der Waals surface area contributed by atoms with E-state index in [1.807, 2.05) is 20.8 Å². The predicted molar refractivity (Wildman–Crippen MR) is 97.1 cm³/mol. The molecule has 0 bridgehead atoms. The van der Waals surface area contributed by atoms with Crippen LogP contribution in [0.5, 0.6) is 0 Å². The summed E-state index contributed by atoms with van der Waals surface area (Å²) in [6.07, 6.45) is 0.680. The van der Waals surface area contributed by atoms with Crippen molar-refractivity contribution in [3.63, 3.8) is 0 Å². The van der Waals surface area contributed by atoms with Crippen molar-refractivity contribution in [2.75, 3.05) is 0 Å². The Morgan fingerprint density at radius 1 is 0.800 bits per heavy atom. The molecule has 0 aliphatic rings. The van der Waals surface area contributed by atoms with E-state index in [0.717, 1.165) is 0 Å². The first-order valence-electron chi connectivity index (χ1n) is 8.11. The molecule has 0 aromatic carbocycles. The van der Waals surface area contributed by atoms with Gasteiger partial charge >= 0.3 is 11.9 Å². The van der Waals surface area contributed by atoms with E-state index in [1.54, 1.807) is 55.4 Å². The molecule has 0 aliphatic carbocycles. The molecule has 0 saturated heterocycles. The summed E-state index contributed by atoms with van der Waals surface area (Å²) in [5.41, 5.74) is -1.55. The number of carbonyl (C=O) groups excluding carboxylic acids is 1. The van der Waals surface area contributed by atoms with Gasteiger partial charge in [-0.2, -0.15) is 5.26 Å². The highest BCUT2D eigenvalue weighted by Crippen LogP contribution is 2.33. The zero-order chi connectivity index (χ0) is 21.3. The van der Waals surface area contributed by atoms with Crippen molar-refractivity contribution in [2.45, 2.75) is 88.2 Å². The van der Waals surface area contributed by atoms with Crippen LogP contribution in [-0.4, -0.2) is 33.2 Å². The van der Waals surface area contributed by atoms with Gasteiger partial charge in [-0.1, -0.05) is 20.8 Å². The highest BCUT2D eigenvalue weighted by molar-refractivity contribution is 5.75. The Balaban J connectivity index is -0.000000317. The average Bonchev–Trinajstić information content (AvgIpc) is 2.34. The van der Waals surface area contributed by atoms with E-state index in [9.17, 15) is 9.59 Å². The molecular weight excluding hydrogens is 328 g/mol. The van der Waals surface area contributed by atoms with Crippen molar-refractivity contribution in [3.8, 4) is 0 Å². The van der Waals surface area contributed by atoms with Gasteiger partial charge in [-0.15, -0.1) is 0 Å². The minimum absolute atomic E-state index is 0.0533. The van der Waals surface area contributed by atoms with Crippen LogP contribution in [0.15, 0.2) is 0 Å². The summed E-state index contributed by atoms with van der Waals surface area (Å²) >= 11 is 0. The lowest BCUT2D eigenvalue weighted by atomic mass is 9.76. The Morgan fingerprint density at radius 3 is 1.20 bits per heavy atom. The molecule has 0 heterocycles. The van der Waals surface area contributed by atoms with Gasteiger partial charge in [0, 0.05) is 0 Å². The van der Waals surface area contributed by atoms with Gasteiger partial charge in [0.15, 0.2) is 0 Å². The SMILES string of the molecule is CC(C)(C)C(=O)O.CC(C)(C)CC(C)(C)C(=O)OO.CC(C)(C)OO. The van der Waals surface area contributed by atoms with E-state index >= 15 is 0 Å². The van der Waals surface area contributed by atoms with Gasteiger partial charge in [0.25, 0.3) is 0 Å². The molecule has 0 spiro atoms. The van der Waals surface area contributed by atoms with E-state index in [2.05, 4.69) is 9.78 Å². The molecule has 0 aromatic heterocycles. The molecule has 7 heteroatoms. The first kappa shape index (κ1) is 28.6. The molecular formula is C18H38O7. The van der Waals surface area contributed by atoms with Crippen LogP contribution < -0.4 is 0 Å². The molecule has 0 aliphatic heterocycles. The Hall–Kier alpha value is -1.18. The number of hydrogen-bond donors (Lipinski definition) is 3. The first-order chi connectivity index (χ1) is 10.7. The lowest BCUT2D eigenvalue weighted by Gasteiger charge is -2.28. The fourth-order valence-electron chi connectivity index (χ4n) is 1.52. The maximum atomic E-state index is 11.0. The average molecular weight is 366 g/mol. The predicted octanol–water partition coefficient (Wildman–Crippen LogP) is 4.86. The van der Waals surface area contributed by atoms with Crippen molar-refractivity contribution in [1.29, 1.82) is 0 Å². The van der Waals surface area contributed by atoms with Gasteiger partial charge in [-0.25, -0.2) is 9.68 Å². The molecule has 0 atom stereocenters. The van der Waals surface area contributed by atoms with Crippen LogP contribution in [-0.2, 0) is 19.4 Å². The highest BCUT2D eigenvalue weighted by Gasteiger charge is 2.34. The Bertz CT molecular complexity index is 393. The number of rotatable bonds is 2. The van der Waals surface area contributed by atoms with Gasteiger partial charge in [0.2, 0.25) is 0 Å². The maximum Gasteiger partial charge on any atom is 0.347 e. The summed E-state index contributed by atoms with van der Waals surface area (Å²) in [7, 11) is 0. The quantitative estimate of drug-likeness (QED) is 0.472. The zero-order valence-corrected chi connectivity index (χ0v) is 17.7. The summed E-state index contributed by atoms with van der Waals surface area (Å²) in [5.74, 6) is -1.33. The number of carboxylic acid groups (broad SMARTS) is 1. The van der Waals surface area contributed by atoms with Gasteiger partial charge in [-0.3, -0.25) is 10.1 Å². The topological polar surface area (TPSA) is 113 Å². The summed E-state index contributed by atoms with van der Waals surface area (Å²) < 4.78 is 0. The standard InChI is InChI=1S/C9H18O3.C5H10O2.C4H10O2/c1-8(2,3)6-9(4,5)7(10)12-11;1-5(2,3)4(6)7;1-4(2,3)6-5/h11H,6H2,1-5H3;1-3H3,(H,6,7);5H,1-3H3. The van der Waals surface area contributed by atoms with Crippen LogP contribution in [0, 0.1) is 16.2 Å². The van der Waals surface area contributed by atoms with Crippen LogP contribution in [0.3, 0.4) is 0 Å². The van der Waals surface area contributed by atoms with Gasteiger partial charge in [-0.05, 0) is 67.2 Å². The van der Waals surface area contributed by atoms with Crippen LogP contribution in [0.2, 0.25) is 0 Å². The second kappa shape index (κ2) is 10.7. The van der Waals surface area contributed by atoms with E-state index in [1.165, 1.54) is 0 Å². The van der Waals surface area contributed by atoms with E-state index < -0.39 is 28.4 Å². The van der Waals surface area contributed by atoms with Crippen LogP contribution in [0.1, 0.15) is 82.6 Å². The number of carboxylic acids is 1. The molecule has 0 saturated carbocycles. The molecule has 0 radical (unpaired) electrons. The summed E-state index contributed by atoms with van der Waals surface area (Å²) in [6.45, 7) is 19.9. The van der Waals surface area contributed by atoms with Crippen LogP contribution >= 0.6 is 0 Å². The van der Waals surface area contributed by atoms with Crippen molar-refractivity contribution in [1.82, 2.24) is 0 Å². The summed E-state index contributed by atoms with van der Waals surface area (Å²) in [4.78, 5) is 28.7. The van der Waals surface area contributed by atoms with Crippen LogP contribution in [0.25, 0.3) is 0 Å². The van der Waals surface area contributed by atoms with Crippen molar-refractivity contribution in [3.05, 3.63) is 0 Å². The van der Waals surface area contributed by atoms with Gasteiger partial charge in [0.1, 0.15) is 0 Å². The molecule has 25 heavy (non-hydrogen) atoms. The molecule has 152 valence electrons. The van der Waals surface area contributed by atoms with Crippen molar-refractivity contribution in [2.24, 2.45) is 16.2 Å². The molecule has 7 nitrogen and oxygen atoms in total. The molecule has 0 amide bonds. The van der Waals surface area contributed by atoms with Crippen LogP contribution in [0.4, 0.5) is 0 Å². The van der Waals surface area contributed by atoms with Gasteiger partial charge < -0.3 is 9.99 Å². The molecule has 0 rings (SSSR count). The maximum absolute atomic E-state index is 11.0. The largest absolute Gasteiger partial charge is 0.481 e. The van der Waals surface area contributed by atoms with Gasteiger partial charge in [0.05, 0.1) is 16.4 Å². The van der Waals surface area contributed by atoms with Crippen molar-refractivity contribution < 1.29 is 35.0 Å². The van der Waals surface area contributed by atoms with E-state index in [-0.39, 0.29) is 5.41 Å². The first-order valence-corrected chi connectivity index (χ1v) is 8.11. The third-order valence-corrected chi connectivity index (χ3v) is 2.52. The minimum Gasteiger partial charge on any atom is -0.481 e. The van der Waals surface area contributed by atoms with E-state index in [0.29, 0.717) is 6.42 Å². The highest BCUT2D eigenvalue weighted by atomic mass is 17.1. The van der Waals surface area contributed by atoms with Crippen molar-refractivity contribution >= 4 is 11.9 Å². The summed E-state index contributed by atoms with van der Waals surface area (Å²) in [5, 5.41) is 24.4. The second-order valence-electron chi connectivity index (χ2n) is 9.76. The molecule has 3 N–H and O–H groups in total. The number of aliphatic carboxylic acids is 1. The fraction of sp³-hybridized carbons (Fsp3) is 0.889. The zero-order valence-electron chi connectivity index (χ0n) is 17.7. The third-order valence-electron chi connectivity index (χ3n) is 2.52. The lowest BCUT2D eigenvalue weighted by molar-refractivity contribution is -0.306.